The number of carbonyl (C=O) groups excluding carboxylic acids is 1. The Hall–Kier alpha value is -3.65. The van der Waals surface area contributed by atoms with Gasteiger partial charge in [0.15, 0.2) is 5.69 Å². The van der Waals surface area contributed by atoms with E-state index < -0.39 is 0 Å². The topological polar surface area (TPSA) is 79.3 Å². The lowest BCUT2D eigenvalue weighted by Gasteiger charge is -2.38. The lowest BCUT2D eigenvalue weighted by Crippen LogP contribution is -2.43. The van der Waals surface area contributed by atoms with E-state index >= 15 is 0 Å². The maximum absolute atomic E-state index is 13.6. The first-order valence-corrected chi connectivity index (χ1v) is 11.4. The second-order valence-electron chi connectivity index (χ2n) is 9.20. The molecule has 0 saturated carbocycles. The van der Waals surface area contributed by atoms with Gasteiger partial charge in [-0.2, -0.15) is 5.10 Å². The molecule has 1 N–H and O–H groups in total. The van der Waals surface area contributed by atoms with Gasteiger partial charge in [-0.1, -0.05) is 6.07 Å². The van der Waals surface area contributed by atoms with E-state index in [1.165, 1.54) is 5.69 Å². The minimum Gasteiger partial charge on any atom is -0.377 e. The number of fused-ring (bicyclic) bond motifs is 10. The Morgan fingerprint density at radius 1 is 1.21 bits per heavy atom. The number of nitrogens with zero attached hydrogens (tertiary/aromatic N) is 5. The molecule has 2 atom stereocenters. The molecule has 7 rings (SSSR count). The zero-order valence-electron chi connectivity index (χ0n) is 18.8. The first kappa shape index (κ1) is 18.9. The molecule has 0 aliphatic carbocycles. The number of carbonyl (C=O) groups is 1. The van der Waals surface area contributed by atoms with E-state index in [4.69, 9.17) is 4.74 Å². The number of nitrogens with one attached hydrogen (secondary N) is 1. The van der Waals surface area contributed by atoms with Crippen LogP contribution in [0.4, 0.5) is 11.4 Å². The fourth-order valence-corrected chi connectivity index (χ4v) is 5.77. The molecular weight excluding hydrogens is 416 g/mol. The number of aromatic nitrogens is 4. The Balaban J connectivity index is 1.52. The highest BCUT2D eigenvalue weighted by molar-refractivity contribution is 6.17. The molecule has 1 saturated heterocycles. The molecule has 166 valence electrons. The summed E-state index contributed by atoms with van der Waals surface area (Å²) in [6.45, 7) is 6.55. The minimum atomic E-state index is -0.184. The summed E-state index contributed by atoms with van der Waals surface area (Å²) in [6, 6.07) is 10.8. The molecular formula is C25H24N6O2. The van der Waals surface area contributed by atoms with Crippen LogP contribution in [0.5, 0.6) is 0 Å². The van der Waals surface area contributed by atoms with Crippen LogP contribution in [0.3, 0.4) is 0 Å². The average Bonchev–Trinajstić information content (AvgIpc) is 3.49. The molecule has 8 nitrogen and oxygen atoms in total. The van der Waals surface area contributed by atoms with Gasteiger partial charge in [0.05, 0.1) is 42.3 Å². The molecule has 3 aliphatic heterocycles. The average molecular weight is 441 g/mol. The molecule has 3 aliphatic rings. The van der Waals surface area contributed by atoms with Crippen LogP contribution in [0.15, 0.2) is 36.7 Å². The van der Waals surface area contributed by atoms with Crippen LogP contribution >= 0.6 is 0 Å². The second kappa shape index (κ2) is 6.45. The summed E-state index contributed by atoms with van der Waals surface area (Å²) in [5.41, 5.74) is 9.73. The monoisotopic (exact) mass is 440 g/mol. The highest BCUT2D eigenvalue weighted by Gasteiger charge is 2.47. The number of hydrogen-bond acceptors (Lipinski definition) is 5. The predicted molar refractivity (Wildman–Crippen MR) is 126 cm³/mol. The van der Waals surface area contributed by atoms with E-state index in [1.807, 2.05) is 35.7 Å². The number of anilines is 2. The third-order valence-electron chi connectivity index (χ3n) is 7.46. The molecule has 1 unspecified atom stereocenters. The van der Waals surface area contributed by atoms with Gasteiger partial charge in [-0.15, -0.1) is 0 Å². The van der Waals surface area contributed by atoms with Crippen molar-refractivity contribution >= 4 is 28.3 Å². The predicted octanol–water partition coefficient (Wildman–Crippen LogP) is 3.56. The number of amides is 1. The van der Waals surface area contributed by atoms with Gasteiger partial charge < -0.3 is 14.6 Å². The number of aromatic amines is 1. The lowest BCUT2D eigenvalue weighted by molar-refractivity contribution is 0.0985. The van der Waals surface area contributed by atoms with Crippen molar-refractivity contribution in [1.29, 1.82) is 0 Å². The molecule has 0 radical (unpaired) electrons. The maximum Gasteiger partial charge on any atom is 0.280 e. The van der Waals surface area contributed by atoms with Crippen molar-refractivity contribution in [2.24, 2.45) is 7.05 Å². The molecule has 0 bridgehead atoms. The van der Waals surface area contributed by atoms with E-state index in [0.717, 1.165) is 64.4 Å². The van der Waals surface area contributed by atoms with Gasteiger partial charge in [-0.05, 0) is 49.2 Å². The molecule has 33 heavy (non-hydrogen) atoms. The summed E-state index contributed by atoms with van der Waals surface area (Å²) in [4.78, 5) is 25.8. The van der Waals surface area contributed by atoms with E-state index in [-0.39, 0.29) is 11.9 Å². The second-order valence-corrected chi connectivity index (χ2v) is 9.20. The molecule has 2 aromatic carbocycles. The van der Waals surface area contributed by atoms with Crippen LogP contribution in [0, 0.1) is 6.92 Å². The SMILES string of the molecule is Cc1c2c(nn1C)C(=O)N1c3ccc4[nH]cnc4c3-c3cc(N4CCOC[C@@H]4C)ccc3C21. The van der Waals surface area contributed by atoms with Crippen LogP contribution in [-0.2, 0) is 11.8 Å². The van der Waals surface area contributed by atoms with Crippen molar-refractivity contribution in [2.75, 3.05) is 29.6 Å². The van der Waals surface area contributed by atoms with Crippen LogP contribution in [0.2, 0.25) is 0 Å². The van der Waals surface area contributed by atoms with Gasteiger partial charge in [0.1, 0.15) is 0 Å². The molecule has 1 fully saturated rings. The van der Waals surface area contributed by atoms with Gasteiger partial charge in [0, 0.05) is 42.1 Å². The van der Waals surface area contributed by atoms with E-state index in [9.17, 15) is 4.79 Å². The van der Waals surface area contributed by atoms with Crippen LogP contribution < -0.4 is 9.80 Å². The van der Waals surface area contributed by atoms with Gasteiger partial charge in [0.25, 0.3) is 5.91 Å². The number of imidazole rings is 1. The number of H-pyrrole nitrogens is 1. The number of morpholine rings is 1. The van der Waals surface area contributed by atoms with Crippen molar-refractivity contribution in [3.05, 3.63) is 59.2 Å². The van der Waals surface area contributed by atoms with Crippen molar-refractivity contribution < 1.29 is 9.53 Å². The Kier molecular flexibility index (Phi) is 3.69. The molecule has 1 amide bonds. The third-order valence-corrected chi connectivity index (χ3v) is 7.46. The van der Waals surface area contributed by atoms with Crippen LogP contribution in [-0.4, -0.2) is 51.5 Å². The summed E-state index contributed by atoms with van der Waals surface area (Å²) in [5.74, 6) is -0.0497. The van der Waals surface area contributed by atoms with Crippen LogP contribution in [0.1, 0.15) is 40.3 Å². The number of ether oxygens (including phenoxy) is 1. The Bertz CT molecular complexity index is 1470. The quantitative estimate of drug-likeness (QED) is 0.490. The van der Waals surface area contributed by atoms with E-state index in [1.54, 1.807) is 6.33 Å². The number of hydrogen-bond donors (Lipinski definition) is 1. The fourth-order valence-electron chi connectivity index (χ4n) is 5.77. The fraction of sp³-hybridized carbons (Fsp3) is 0.320. The Morgan fingerprint density at radius 3 is 2.94 bits per heavy atom. The van der Waals surface area contributed by atoms with Crippen molar-refractivity contribution in [1.82, 2.24) is 19.7 Å². The van der Waals surface area contributed by atoms with Gasteiger partial charge in [0.2, 0.25) is 0 Å². The zero-order chi connectivity index (χ0) is 22.4. The van der Waals surface area contributed by atoms with Crippen molar-refractivity contribution in [3.8, 4) is 11.1 Å². The van der Waals surface area contributed by atoms with E-state index in [0.29, 0.717) is 11.7 Å². The van der Waals surface area contributed by atoms with Crippen molar-refractivity contribution in [2.45, 2.75) is 25.9 Å². The maximum atomic E-state index is 13.6. The first-order chi connectivity index (χ1) is 16.0. The highest BCUT2D eigenvalue weighted by Crippen LogP contribution is 2.54. The van der Waals surface area contributed by atoms with Gasteiger partial charge in [-0.3, -0.25) is 14.4 Å². The molecule has 8 heteroatoms. The van der Waals surface area contributed by atoms with Crippen LogP contribution in [0.25, 0.3) is 22.2 Å². The summed E-state index contributed by atoms with van der Waals surface area (Å²) >= 11 is 0. The Labute approximate surface area is 190 Å². The summed E-state index contributed by atoms with van der Waals surface area (Å²) in [5, 5.41) is 4.58. The summed E-state index contributed by atoms with van der Waals surface area (Å²) in [6.07, 6.45) is 1.72. The largest absolute Gasteiger partial charge is 0.377 e. The standard InChI is InChI=1S/C25H24N6O2/c1-13-11-33-9-8-30(13)15-4-5-16-17(10-15)21-19(7-6-18-22(21)27-12-26-18)31-24(16)20-14(2)29(3)28-23(20)25(31)32/h4-7,10,12-13,24H,8-9,11H2,1-3H3,(H,26,27)/t13-,24?/m0/s1. The lowest BCUT2D eigenvalue weighted by atomic mass is 9.85. The highest BCUT2D eigenvalue weighted by atomic mass is 16.5. The third kappa shape index (κ3) is 2.36. The number of aryl methyl sites for hydroxylation is 1. The molecule has 5 heterocycles. The summed E-state index contributed by atoms with van der Waals surface area (Å²) in [7, 11) is 1.90. The van der Waals surface area contributed by atoms with E-state index in [2.05, 4.69) is 45.1 Å². The Morgan fingerprint density at radius 2 is 2.09 bits per heavy atom. The normalized spacial score (nSPS) is 21.2. The minimum absolute atomic E-state index is 0.0497. The molecule has 2 aromatic heterocycles. The van der Waals surface area contributed by atoms with Gasteiger partial charge in [-0.25, -0.2) is 4.98 Å². The zero-order valence-corrected chi connectivity index (χ0v) is 18.8. The number of benzene rings is 2. The molecule has 4 aromatic rings. The molecule has 0 spiro atoms. The first-order valence-electron chi connectivity index (χ1n) is 11.4. The van der Waals surface area contributed by atoms with Crippen molar-refractivity contribution in [3.63, 3.8) is 0 Å². The smallest absolute Gasteiger partial charge is 0.280 e. The van der Waals surface area contributed by atoms with Gasteiger partial charge >= 0.3 is 0 Å². The number of rotatable bonds is 1. The summed E-state index contributed by atoms with van der Waals surface area (Å²) < 4.78 is 7.48.